The van der Waals surface area contributed by atoms with E-state index in [1.807, 2.05) is 18.2 Å². The number of hydrogen-bond acceptors (Lipinski definition) is 2. The van der Waals surface area contributed by atoms with E-state index in [4.69, 9.17) is 0 Å². The molecule has 18 heavy (non-hydrogen) atoms. The molecule has 0 aromatic heterocycles. The lowest BCUT2D eigenvalue weighted by Gasteiger charge is -2.28. The first-order chi connectivity index (χ1) is 8.74. The van der Waals surface area contributed by atoms with Crippen molar-refractivity contribution in [1.29, 1.82) is 0 Å². The number of phenolic OH excluding ortho intramolecular Hbond substituents is 1. The van der Waals surface area contributed by atoms with Crippen molar-refractivity contribution in [3.8, 4) is 5.75 Å². The quantitative estimate of drug-likeness (QED) is 0.853. The van der Waals surface area contributed by atoms with Gasteiger partial charge in [0.05, 0.1) is 0 Å². The highest BCUT2D eigenvalue weighted by molar-refractivity contribution is 5.31. The van der Waals surface area contributed by atoms with Gasteiger partial charge in [-0.1, -0.05) is 24.6 Å². The van der Waals surface area contributed by atoms with Crippen molar-refractivity contribution in [2.24, 2.45) is 17.8 Å². The van der Waals surface area contributed by atoms with Crippen molar-refractivity contribution in [2.45, 2.75) is 45.2 Å². The first-order valence-corrected chi connectivity index (χ1v) is 7.24. The number of hydrogen-bond donors (Lipinski definition) is 2. The van der Waals surface area contributed by atoms with Gasteiger partial charge in [-0.15, -0.1) is 0 Å². The monoisotopic (exact) mass is 245 g/mol. The smallest absolute Gasteiger partial charge is 0.120 e. The van der Waals surface area contributed by atoms with E-state index in [1.54, 1.807) is 6.07 Å². The van der Waals surface area contributed by atoms with Gasteiger partial charge in [-0.2, -0.15) is 0 Å². The first kappa shape index (κ1) is 12.0. The van der Waals surface area contributed by atoms with Gasteiger partial charge < -0.3 is 10.4 Å². The van der Waals surface area contributed by atoms with Crippen LogP contribution in [-0.4, -0.2) is 11.1 Å². The molecular formula is C16H23NO. The number of phenols is 1. The van der Waals surface area contributed by atoms with Crippen LogP contribution in [0, 0.1) is 17.8 Å². The largest absolute Gasteiger partial charge is 0.508 e. The van der Waals surface area contributed by atoms with Crippen LogP contribution >= 0.6 is 0 Å². The molecule has 0 aliphatic heterocycles. The van der Waals surface area contributed by atoms with Crippen LogP contribution in [0.4, 0.5) is 0 Å². The molecule has 0 saturated heterocycles. The van der Waals surface area contributed by atoms with E-state index >= 15 is 0 Å². The predicted octanol–water partition coefficient (Wildman–Crippen LogP) is 3.31. The molecule has 1 aromatic rings. The second-order valence-corrected chi connectivity index (χ2v) is 6.14. The van der Waals surface area contributed by atoms with Gasteiger partial charge in [0.1, 0.15) is 5.75 Å². The third kappa shape index (κ3) is 2.26. The van der Waals surface area contributed by atoms with Crippen molar-refractivity contribution in [3.63, 3.8) is 0 Å². The molecule has 2 heteroatoms. The van der Waals surface area contributed by atoms with Crippen LogP contribution in [0.2, 0.25) is 0 Å². The lowest BCUT2D eigenvalue weighted by atomic mass is 9.84. The van der Waals surface area contributed by atoms with E-state index in [9.17, 15) is 5.11 Å². The molecule has 0 radical (unpaired) electrons. The molecule has 2 nitrogen and oxygen atoms in total. The summed E-state index contributed by atoms with van der Waals surface area (Å²) in [5.74, 6) is 3.23. The van der Waals surface area contributed by atoms with Crippen molar-refractivity contribution in [3.05, 3.63) is 29.8 Å². The number of nitrogens with one attached hydrogen (secondary N) is 1. The van der Waals surface area contributed by atoms with Gasteiger partial charge in [-0.3, -0.25) is 0 Å². The summed E-state index contributed by atoms with van der Waals surface area (Å²) in [5.41, 5.74) is 1.01. The van der Waals surface area contributed by atoms with E-state index in [1.165, 1.54) is 25.7 Å². The van der Waals surface area contributed by atoms with Gasteiger partial charge >= 0.3 is 0 Å². The minimum Gasteiger partial charge on any atom is -0.508 e. The fraction of sp³-hybridized carbons (Fsp3) is 0.625. The van der Waals surface area contributed by atoms with Gasteiger partial charge in [-0.05, 0) is 50.0 Å². The molecule has 2 aliphatic carbocycles. The van der Waals surface area contributed by atoms with Gasteiger partial charge in [0.25, 0.3) is 0 Å². The van der Waals surface area contributed by atoms with Crippen LogP contribution in [-0.2, 0) is 6.54 Å². The third-order valence-corrected chi connectivity index (χ3v) is 5.04. The van der Waals surface area contributed by atoms with Gasteiger partial charge in [-0.25, -0.2) is 0 Å². The Hall–Kier alpha value is -1.02. The Morgan fingerprint density at radius 2 is 2.11 bits per heavy atom. The van der Waals surface area contributed by atoms with Crippen LogP contribution in [0.1, 0.15) is 38.2 Å². The fourth-order valence-corrected chi connectivity index (χ4v) is 3.99. The van der Waals surface area contributed by atoms with E-state index in [-0.39, 0.29) is 0 Å². The highest BCUT2D eigenvalue weighted by Gasteiger charge is 2.41. The summed E-state index contributed by atoms with van der Waals surface area (Å²) < 4.78 is 0. The minimum absolute atomic E-state index is 0.408. The SMILES string of the molecule is C[C@@H](NCc1ccccc1O)[C@H]1C[C@H]2CC[C@H]1C2. The summed E-state index contributed by atoms with van der Waals surface area (Å²) in [6, 6.07) is 8.19. The van der Waals surface area contributed by atoms with Gasteiger partial charge in [0.2, 0.25) is 0 Å². The third-order valence-electron chi connectivity index (χ3n) is 5.04. The molecular weight excluding hydrogens is 222 g/mol. The van der Waals surface area contributed by atoms with Crippen molar-refractivity contribution < 1.29 is 5.11 Å². The Balaban J connectivity index is 1.56. The van der Waals surface area contributed by atoms with Crippen LogP contribution in [0.15, 0.2) is 24.3 Å². The predicted molar refractivity (Wildman–Crippen MR) is 73.3 cm³/mol. The molecule has 0 spiro atoms. The fourth-order valence-electron chi connectivity index (χ4n) is 3.99. The Labute approximate surface area is 109 Å². The van der Waals surface area contributed by atoms with Crippen LogP contribution in [0.3, 0.4) is 0 Å². The second kappa shape index (κ2) is 4.93. The Kier molecular flexibility index (Phi) is 3.29. The molecule has 0 unspecified atom stereocenters. The zero-order chi connectivity index (χ0) is 12.5. The second-order valence-electron chi connectivity index (χ2n) is 6.14. The molecule has 98 valence electrons. The molecule has 2 N–H and O–H groups in total. The Morgan fingerprint density at radius 3 is 2.78 bits per heavy atom. The molecule has 0 heterocycles. The number of para-hydroxylation sites is 1. The Morgan fingerprint density at radius 1 is 1.28 bits per heavy atom. The summed E-state index contributed by atoms with van der Waals surface area (Å²) in [7, 11) is 0. The average Bonchev–Trinajstić information content (AvgIpc) is 2.99. The van der Waals surface area contributed by atoms with Crippen LogP contribution < -0.4 is 5.32 Å². The molecule has 2 bridgehead atoms. The average molecular weight is 245 g/mol. The van der Waals surface area contributed by atoms with E-state index in [0.717, 1.165) is 29.9 Å². The molecule has 4 atom stereocenters. The highest BCUT2D eigenvalue weighted by Crippen LogP contribution is 2.49. The molecule has 2 fully saturated rings. The van der Waals surface area contributed by atoms with Crippen molar-refractivity contribution >= 4 is 0 Å². The van der Waals surface area contributed by atoms with Gasteiger partial charge in [0, 0.05) is 18.2 Å². The molecule has 2 aliphatic rings. The summed E-state index contributed by atoms with van der Waals surface area (Å²) in [4.78, 5) is 0. The number of benzene rings is 1. The summed E-state index contributed by atoms with van der Waals surface area (Å²) in [6.45, 7) is 3.09. The van der Waals surface area contributed by atoms with Crippen molar-refractivity contribution in [2.75, 3.05) is 0 Å². The molecule has 3 rings (SSSR count). The van der Waals surface area contributed by atoms with E-state index in [0.29, 0.717) is 11.8 Å². The topological polar surface area (TPSA) is 32.3 Å². The highest BCUT2D eigenvalue weighted by atomic mass is 16.3. The summed E-state index contributed by atoms with van der Waals surface area (Å²) in [6.07, 6.45) is 5.79. The zero-order valence-electron chi connectivity index (χ0n) is 11.1. The maximum absolute atomic E-state index is 9.75. The maximum Gasteiger partial charge on any atom is 0.120 e. The molecule has 1 aromatic carbocycles. The first-order valence-electron chi connectivity index (χ1n) is 7.24. The molecule has 0 amide bonds. The lowest BCUT2D eigenvalue weighted by Crippen LogP contribution is -2.35. The summed E-state index contributed by atoms with van der Waals surface area (Å²) >= 11 is 0. The molecule has 2 saturated carbocycles. The number of rotatable bonds is 4. The normalized spacial score (nSPS) is 31.7. The zero-order valence-corrected chi connectivity index (χ0v) is 11.1. The minimum atomic E-state index is 0.408. The summed E-state index contributed by atoms with van der Waals surface area (Å²) in [5, 5.41) is 13.4. The van der Waals surface area contributed by atoms with Crippen molar-refractivity contribution in [1.82, 2.24) is 5.32 Å². The van der Waals surface area contributed by atoms with Crippen LogP contribution in [0.5, 0.6) is 5.75 Å². The lowest BCUT2D eigenvalue weighted by molar-refractivity contribution is 0.259. The van der Waals surface area contributed by atoms with E-state index < -0.39 is 0 Å². The van der Waals surface area contributed by atoms with E-state index in [2.05, 4.69) is 12.2 Å². The maximum atomic E-state index is 9.75. The van der Waals surface area contributed by atoms with Crippen LogP contribution in [0.25, 0.3) is 0 Å². The Bertz CT molecular complexity index is 417. The number of fused-ring (bicyclic) bond motifs is 2. The van der Waals surface area contributed by atoms with Gasteiger partial charge in [0.15, 0.2) is 0 Å². The standard InChI is InChI=1S/C16H23NO/c1-11(15-9-12-6-7-13(15)8-12)17-10-14-4-2-3-5-16(14)18/h2-5,11-13,15,17-18H,6-10H2,1H3/t11-,12+,13+,15-/m1/s1. The number of aromatic hydroxyl groups is 1.